The van der Waals surface area contributed by atoms with Crippen molar-refractivity contribution in [2.75, 3.05) is 28.6 Å². The Morgan fingerprint density at radius 3 is 2.38 bits per heavy atom. The van der Waals surface area contributed by atoms with Crippen LogP contribution in [-0.2, 0) is 0 Å². The number of aryl methyl sites for hydroxylation is 1. The number of aromatic nitrogens is 2. The van der Waals surface area contributed by atoms with Crippen LogP contribution in [0.3, 0.4) is 0 Å². The second kappa shape index (κ2) is 9.25. The van der Waals surface area contributed by atoms with Gasteiger partial charge in [0.05, 0.1) is 0 Å². The number of rotatable bonds is 5. The number of hydrogen-bond donors (Lipinski definition) is 2. The number of carbonyl (C=O) groups excluding carboxylic acids is 1. The zero-order chi connectivity index (χ0) is 20.1. The first-order valence-electron chi connectivity index (χ1n) is 11.0. The summed E-state index contributed by atoms with van der Waals surface area (Å²) in [6, 6.07) is 10.3. The molecule has 1 saturated carbocycles. The maximum Gasteiger partial charge on any atom is 0.274 e. The average molecular weight is 394 g/mol. The van der Waals surface area contributed by atoms with E-state index in [4.69, 9.17) is 0 Å². The lowest BCUT2D eigenvalue weighted by Gasteiger charge is -2.28. The molecule has 0 radical (unpaired) electrons. The zero-order valence-corrected chi connectivity index (χ0v) is 17.3. The number of piperidine rings is 1. The summed E-state index contributed by atoms with van der Waals surface area (Å²) in [7, 11) is 0. The number of anilines is 3. The van der Waals surface area contributed by atoms with Crippen LogP contribution in [0.2, 0.25) is 0 Å². The Morgan fingerprint density at radius 2 is 1.66 bits per heavy atom. The average Bonchev–Trinajstić information content (AvgIpc) is 2.75. The van der Waals surface area contributed by atoms with Gasteiger partial charge in [-0.05, 0) is 63.3 Å². The number of hydrogen-bond acceptors (Lipinski definition) is 5. The lowest BCUT2D eigenvalue weighted by molar-refractivity contribution is 0.102. The van der Waals surface area contributed by atoms with E-state index in [9.17, 15) is 4.79 Å². The Hall–Kier alpha value is -2.63. The minimum absolute atomic E-state index is 0.201. The normalized spacial score (nSPS) is 17.8. The molecule has 1 saturated heterocycles. The van der Waals surface area contributed by atoms with E-state index in [0.29, 0.717) is 17.6 Å². The van der Waals surface area contributed by atoms with Gasteiger partial charge in [0.2, 0.25) is 0 Å². The van der Waals surface area contributed by atoms with Crippen molar-refractivity contribution in [2.45, 2.75) is 64.3 Å². The van der Waals surface area contributed by atoms with Crippen molar-refractivity contribution in [3.8, 4) is 0 Å². The van der Waals surface area contributed by atoms with Crippen LogP contribution >= 0.6 is 0 Å². The molecule has 2 N–H and O–H groups in total. The SMILES string of the molecule is Cc1nc(NC2CCCCC2)cc(C(=O)Nc2ccc(N3CCCCC3)cc2)n1. The number of benzene rings is 1. The van der Waals surface area contributed by atoms with E-state index in [1.165, 1.54) is 44.2 Å². The predicted molar refractivity (Wildman–Crippen MR) is 118 cm³/mol. The second-order valence-corrected chi connectivity index (χ2v) is 8.21. The molecule has 2 fully saturated rings. The minimum atomic E-state index is -0.201. The number of nitrogens with zero attached hydrogens (tertiary/aromatic N) is 3. The highest BCUT2D eigenvalue weighted by Gasteiger charge is 2.16. The van der Waals surface area contributed by atoms with Crippen LogP contribution in [0.5, 0.6) is 0 Å². The molecule has 6 nitrogen and oxygen atoms in total. The molecule has 1 aromatic heterocycles. The second-order valence-electron chi connectivity index (χ2n) is 8.21. The lowest BCUT2D eigenvalue weighted by atomic mass is 9.95. The smallest absolute Gasteiger partial charge is 0.274 e. The van der Waals surface area contributed by atoms with Crippen molar-refractivity contribution in [3.63, 3.8) is 0 Å². The summed E-state index contributed by atoms with van der Waals surface area (Å²) in [6.45, 7) is 4.06. The first kappa shape index (κ1) is 19.7. The van der Waals surface area contributed by atoms with Gasteiger partial charge in [-0.2, -0.15) is 0 Å². The van der Waals surface area contributed by atoms with E-state index < -0.39 is 0 Å². The highest BCUT2D eigenvalue weighted by Crippen LogP contribution is 2.23. The molecule has 6 heteroatoms. The summed E-state index contributed by atoms with van der Waals surface area (Å²) in [5.41, 5.74) is 2.41. The quantitative estimate of drug-likeness (QED) is 0.765. The third kappa shape index (κ3) is 5.25. The molecule has 2 aromatic rings. The van der Waals surface area contributed by atoms with Crippen molar-refractivity contribution in [3.05, 3.63) is 41.9 Å². The van der Waals surface area contributed by atoms with E-state index in [2.05, 4.69) is 37.6 Å². The number of amides is 1. The van der Waals surface area contributed by atoms with Crippen molar-refractivity contribution in [1.82, 2.24) is 9.97 Å². The molecule has 2 heterocycles. The van der Waals surface area contributed by atoms with E-state index in [1.54, 1.807) is 6.07 Å². The topological polar surface area (TPSA) is 70.2 Å². The van der Waals surface area contributed by atoms with E-state index in [1.807, 2.05) is 19.1 Å². The van der Waals surface area contributed by atoms with Crippen LogP contribution in [0.25, 0.3) is 0 Å². The van der Waals surface area contributed by atoms with Crippen LogP contribution in [-0.4, -0.2) is 35.0 Å². The zero-order valence-electron chi connectivity index (χ0n) is 17.3. The molecule has 1 aliphatic heterocycles. The molecule has 0 bridgehead atoms. The summed E-state index contributed by atoms with van der Waals surface area (Å²) in [6.07, 6.45) is 9.96. The third-order valence-corrected chi connectivity index (χ3v) is 5.87. The molecule has 1 aromatic carbocycles. The fourth-order valence-electron chi connectivity index (χ4n) is 4.32. The van der Waals surface area contributed by atoms with Gasteiger partial charge in [0.1, 0.15) is 17.3 Å². The molecular formula is C23H31N5O. The van der Waals surface area contributed by atoms with Crippen LogP contribution in [0, 0.1) is 6.92 Å². The van der Waals surface area contributed by atoms with Gasteiger partial charge in [0.25, 0.3) is 5.91 Å². The van der Waals surface area contributed by atoms with Gasteiger partial charge >= 0.3 is 0 Å². The molecule has 1 amide bonds. The molecule has 2 aliphatic rings. The van der Waals surface area contributed by atoms with Crippen LogP contribution in [0.1, 0.15) is 67.7 Å². The summed E-state index contributed by atoms with van der Waals surface area (Å²) >= 11 is 0. The van der Waals surface area contributed by atoms with E-state index >= 15 is 0 Å². The molecule has 0 atom stereocenters. The maximum absolute atomic E-state index is 12.8. The lowest BCUT2D eigenvalue weighted by Crippen LogP contribution is -2.29. The molecule has 1 aliphatic carbocycles. The van der Waals surface area contributed by atoms with E-state index in [-0.39, 0.29) is 5.91 Å². The molecular weight excluding hydrogens is 362 g/mol. The first-order valence-corrected chi connectivity index (χ1v) is 11.0. The molecule has 29 heavy (non-hydrogen) atoms. The van der Waals surface area contributed by atoms with Crippen LogP contribution in [0.15, 0.2) is 30.3 Å². The van der Waals surface area contributed by atoms with Gasteiger partial charge in [-0.25, -0.2) is 9.97 Å². The highest BCUT2D eigenvalue weighted by atomic mass is 16.1. The number of carbonyl (C=O) groups is 1. The first-order chi connectivity index (χ1) is 14.2. The van der Waals surface area contributed by atoms with Gasteiger partial charge in [-0.1, -0.05) is 19.3 Å². The molecule has 0 unspecified atom stereocenters. The maximum atomic E-state index is 12.8. The molecule has 4 rings (SSSR count). The summed E-state index contributed by atoms with van der Waals surface area (Å²) in [5, 5.41) is 6.46. The van der Waals surface area contributed by atoms with E-state index in [0.717, 1.165) is 37.4 Å². The summed E-state index contributed by atoms with van der Waals surface area (Å²) in [5.74, 6) is 1.15. The van der Waals surface area contributed by atoms with Gasteiger partial charge in [0, 0.05) is 36.6 Å². The Labute approximate surface area is 173 Å². The molecule has 0 spiro atoms. The largest absolute Gasteiger partial charge is 0.372 e. The number of nitrogens with one attached hydrogen (secondary N) is 2. The van der Waals surface area contributed by atoms with Gasteiger partial charge < -0.3 is 15.5 Å². The van der Waals surface area contributed by atoms with Crippen LogP contribution < -0.4 is 15.5 Å². The predicted octanol–water partition coefficient (Wildman–Crippen LogP) is 4.77. The standard InChI is InChI=1S/C23H31N5O/c1-17-24-21(16-22(25-17)26-18-8-4-2-5-9-18)23(29)27-19-10-12-20(13-11-19)28-14-6-3-7-15-28/h10-13,16,18H,2-9,14-15H2,1H3,(H,27,29)(H,24,25,26). The fourth-order valence-corrected chi connectivity index (χ4v) is 4.32. The minimum Gasteiger partial charge on any atom is -0.372 e. The Balaban J connectivity index is 1.41. The monoisotopic (exact) mass is 393 g/mol. The summed E-state index contributed by atoms with van der Waals surface area (Å²) < 4.78 is 0. The van der Waals surface area contributed by atoms with Crippen molar-refractivity contribution < 1.29 is 4.79 Å². The van der Waals surface area contributed by atoms with Gasteiger partial charge in [-0.15, -0.1) is 0 Å². The van der Waals surface area contributed by atoms with Crippen molar-refractivity contribution >= 4 is 23.1 Å². The summed E-state index contributed by atoms with van der Waals surface area (Å²) in [4.78, 5) is 24.0. The van der Waals surface area contributed by atoms with Crippen molar-refractivity contribution in [1.29, 1.82) is 0 Å². The Morgan fingerprint density at radius 1 is 0.966 bits per heavy atom. The Bertz CT molecular complexity index is 824. The van der Waals surface area contributed by atoms with Crippen molar-refractivity contribution in [2.24, 2.45) is 0 Å². The molecule has 154 valence electrons. The fraction of sp³-hybridized carbons (Fsp3) is 0.522. The van der Waals surface area contributed by atoms with Gasteiger partial charge in [0.15, 0.2) is 0 Å². The highest BCUT2D eigenvalue weighted by molar-refractivity contribution is 6.03. The third-order valence-electron chi connectivity index (χ3n) is 5.87. The Kier molecular flexibility index (Phi) is 6.27. The van der Waals surface area contributed by atoms with Gasteiger partial charge in [-0.3, -0.25) is 4.79 Å². The van der Waals surface area contributed by atoms with Crippen LogP contribution in [0.4, 0.5) is 17.2 Å².